The highest BCUT2D eigenvalue weighted by molar-refractivity contribution is 9.10. The quantitative estimate of drug-likeness (QED) is 0.855. The topological polar surface area (TPSA) is 82.3 Å². The molecule has 1 aromatic heterocycles. The molecule has 2 N–H and O–H groups in total. The predicted octanol–water partition coefficient (Wildman–Crippen LogP) is 1.44. The maximum absolute atomic E-state index is 12.7. The zero-order valence-corrected chi connectivity index (χ0v) is 10.3. The highest BCUT2D eigenvalue weighted by atomic mass is 79.9. The molecule has 0 radical (unpaired) electrons. The van der Waals surface area contributed by atoms with Crippen LogP contribution >= 0.6 is 15.9 Å². The summed E-state index contributed by atoms with van der Waals surface area (Å²) in [6.45, 7) is 0. The van der Waals surface area contributed by atoms with Crippen molar-refractivity contribution in [1.29, 1.82) is 0 Å². The summed E-state index contributed by atoms with van der Waals surface area (Å²) in [5.41, 5.74) is -0.799. The lowest BCUT2D eigenvalue weighted by Crippen LogP contribution is -2.16. The van der Waals surface area contributed by atoms with Crippen LogP contribution in [0.2, 0.25) is 0 Å². The van der Waals surface area contributed by atoms with Crippen LogP contribution in [0.4, 0.5) is 8.78 Å². The molecule has 1 rings (SSSR count). The number of hydrogen-bond donors (Lipinski definition) is 1. The van der Waals surface area contributed by atoms with Gasteiger partial charge in [0, 0.05) is 6.20 Å². The van der Waals surface area contributed by atoms with Crippen molar-refractivity contribution in [3.63, 3.8) is 0 Å². The van der Waals surface area contributed by atoms with Gasteiger partial charge >= 0.3 is 0 Å². The molecule has 90 valence electrons. The molecule has 0 atom stereocenters. The van der Waals surface area contributed by atoms with Gasteiger partial charge in [0.15, 0.2) is 5.75 Å². The van der Waals surface area contributed by atoms with Crippen LogP contribution in [0.1, 0.15) is 12.0 Å². The summed E-state index contributed by atoms with van der Waals surface area (Å²) in [7, 11) is -3.15. The van der Waals surface area contributed by atoms with E-state index in [-0.39, 0.29) is 10.4 Å². The molecule has 0 unspecified atom stereocenters. The number of nitrogens with zero attached hydrogens (tertiary/aromatic N) is 1. The second kappa shape index (κ2) is 4.60. The Morgan fingerprint density at radius 2 is 2.12 bits per heavy atom. The van der Waals surface area contributed by atoms with Gasteiger partial charge in [-0.25, -0.2) is 27.3 Å². The van der Waals surface area contributed by atoms with Gasteiger partial charge in [-0.05, 0) is 15.9 Å². The van der Waals surface area contributed by atoms with Crippen molar-refractivity contribution in [1.82, 2.24) is 4.98 Å². The second-order valence-corrected chi connectivity index (χ2v) is 4.99. The minimum atomic E-state index is -4.27. The van der Waals surface area contributed by atoms with Gasteiger partial charge in [0.2, 0.25) is 10.0 Å². The summed E-state index contributed by atoms with van der Waals surface area (Å²) < 4.78 is 52.3. The van der Waals surface area contributed by atoms with Crippen LogP contribution in [0.15, 0.2) is 15.7 Å². The first-order valence-electron chi connectivity index (χ1n) is 3.82. The summed E-state index contributed by atoms with van der Waals surface area (Å²) in [5, 5.41) is 4.80. The van der Waals surface area contributed by atoms with E-state index in [9.17, 15) is 17.2 Å². The summed E-state index contributed by atoms with van der Waals surface area (Å²) in [6.07, 6.45) is -2.29. The number of nitrogens with two attached hydrogens (primary N) is 1. The minimum Gasteiger partial charge on any atom is -0.493 e. The summed E-state index contributed by atoms with van der Waals surface area (Å²) in [5.74, 6) is -0.346. The largest absolute Gasteiger partial charge is 0.493 e. The molecule has 0 fully saturated rings. The predicted molar refractivity (Wildman–Crippen MR) is 54.8 cm³/mol. The van der Waals surface area contributed by atoms with Gasteiger partial charge in [0.05, 0.1) is 12.7 Å². The lowest BCUT2D eigenvalue weighted by atomic mass is 10.2. The van der Waals surface area contributed by atoms with E-state index in [2.05, 4.69) is 25.7 Å². The third kappa shape index (κ3) is 2.47. The Labute approximate surface area is 98.8 Å². The number of pyridine rings is 1. The van der Waals surface area contributed by atoms with Gasteiger partial charge in [0.1, 0.15) is 9.50 Å². The number of rotatable bonds is 3. The zero-order valence-electron chi connectivity index (χ0n) is 7.95. The van der Waals surface area contributed by atoms with E-state index < -0.39 is 26.9 Å². The number of halogens is 3. The minimum absolute atomic E-state index is 0.0160. The first-order chi connectivity index (χ1) is 7.29. The maximum atomic E-state index is 12.7. The fraction of sp³-hybridized carbons (Fsp3) is 0.286. The van der Waals surface area contributed by atoms with Gasteiger partial charge in [-0.1, -0.05) is 0 Å². The smallest absolute Gasteiger partial charge is 0.268 e. The molecule has 0 aromatic carbocycles. The monoisotopic (exact) mass is 316 g/mol. The van der Waals surface area contributed by atoms with Gasteiger partial charge in [-0.15, -0.1) is 0 Å². The van der Waals surface area contributed by atoms with Gasteiger partial charge in [-0.2, -0.15) is 0 Å². The average molecular weight is 317 g/mol. The fourth-order valence-electron chi connectivity index (χ4n) is 1.09. The SMILES string of the molecule is COc1c(Br)ncc(S(N)(=O)=O)c1C(F)F. The molecule has 1 heterocycles. The highest BCUT2D eigenvalue weighted by Gasteiger charge is 2.27. The number of hydrogen-bond acceptors (Lipinski definition) is 4. The van der Waals surface area contributed by atoms with Crippen LogP contribution in [0.3, 0.4) is 0 Å². The Bertz CT molecular complexity index is 507. The number of alkyl halides is 2. The number of ether oxygens (including phenoxy) is 1. The lowest BCUT2D eigenvalue weighted by Gasteiger charge is -2.12. The van der Waals surface area contributed by atoms with Crippen molar-refractivity contribution in [2.75, 3.05) is 7.11 Å². The first kappa shape index (κ1) is 13.3. The molecular formula is C7H7BrF2N2O3S. The van der Waals surface area contributed by atoms with Crippen molar-refractivity contribution >= 4 is 26.0 Å². The standard InChI is InChI=1S/C7H7BrF2N2O3S/c1-15-5-4(7(9)10)3(16(11,13)14)2-12-6(5)8/h2,7H,1H3,(H2,11,13,14). The second-order valence-electron chi connectivity index (χ2n) is 2.71. The molecule has 0 saturated carbocycles. The number of methoxy groups -OCH3 is 1. The third-order valence-corrected chi connectivity index (χ3v) is 3.22. The van der Waals surface area contributed by atoms with Crippen LogP contribution in [-0.2, 0) is 10.0 Å². The lowest BCUT2D eigenvalue weighted by molar-refractivity contribution is 0.143. The zero-order chi connectivity index (χ0) is 12.5. The Morgan fingerprint density at radius 3 is 2.50 bits per heavy atom. The fourth-order valence-corrected chi connectivity index (χ4v) is 2.26. The van der Waals surface area contributed by atoms with Crippen molar-refractivity contribution in [3.8, 4) is 5.75 Å². The molecule has 0 aliphatic carbocycles. The maximum Gasteiger partial charge on any atom is 0.268 e. The van der Waals surface area contributed by atoms with E-state index in [0.717, 1.165) is 13.3 Å². The molecule has 5 nitrogen and oxygen atoms in total. The normalized spacial score (nSPS) is 11.9. The van der Waals surface area contributed by atoms with Gasteiger partial charge in [-0.3, -0.25) is 0 Å². The molecule has 0 amide bonds. The average Bonchev–Trinajstić information content (AvgIpc) is 2.14. The molecule has 0 aliphatic rings. The molecule has 0 aliphatic heterocycles. The molecule has 0 saturated heterocycles. The van der Waals surface area contributed by atoms with Crippen LogP contribution in [0.5, 0.6) is 5.75 Å². The van der Waals surface area contributed by atoms with E-state index >= 15 is 0 Å². The highest BCUT2D eigenvalue weighted by Crippen LogP contribution is 2.37. The van der Waals surface area contributed by atoms with E-state index in [1.807, 2.05) is 0 Å². The van der Waals surface area contributed by atoms with Crippen molar-refractivity contribution in [3.05, 3.63) is 16.4 Å². The van der Waals surface area contributed by atoms with Crippen molar-refractivity contribution in [2.24, 2.45) is 5.14 Å². The molecule has 9 heteroatoms. The van der Waals surface area contributed by atoms with Crippen LogP contribution in [0, 0.1) is 0 Å². The van der Waals surface area contributed by atoms with E-state index in [4.69, 9.17) is 5.14 Å². The summed E-state index contributed by atoms with van der Waals surface area (Å²) in [6, 6.07) is 0. The first-order valence-corrected chi connectivity index (χ1v) is 6.16. The van der Waals surface area contributed by atoms with Gasteiger partial charge in [0.25, 0.3) is 6.43 Å². The van der Waals surface area contributed by atoms with E-state index in [1.165, 1.54) is 0 Å². The number of primary sulfonamides is 1. The molecule has 1 aromatic rings. The molecule has 16 heavy (non-hydrogen) atoms. The van der Waals surface area contributed by atoms with Crippen LogP contribution in [0.25, 0.3) is 0 Å². The Balaban J connectivity index is 3.65. The van der Waals surface area contributed by atoms with Crippen molar-refractivity contribution in [2.45, 2.75) is 11.3 Å². The van der Waals surface area contributed by atoms with Crippen LogP contribution in [-0.4, -0.2) is 20.5 Å². The van der Waals surface area contributed by atoms with Gasteiger partial charge < -0.3 is 4.74 Å². The van der Waals surface area contributed by atoms with Crippen molar-refractivity contribution < 1.29 is 21.9 Å². The third-order valence-electron chi connectivity index (χ3n) is 1.72. The Morgan fingerprint density at radius 1 is 1.56 bits per heavy atom. The van der Waals surface area contributed by atoms with Crippen LogP contribution < -0.4 is 9.88 Å². The Kier molecular flexibility index (Phi) is 3.81. The van der Waals surface area contributed by atoms with E-state index in [0.29, 0.717) is 0 Å². The molecule has 0 spiro atoms. The number of sulfonamides is 1. The molecular weight excluding hydrogens is 310 g/mol. The summed E-state index contributed by atoms with van der Waals surface area (Å²) in [4.78, 5) is 2.81. The molecule has 0 bridgehead atoms. The van der Waals surface area contributed by atoms with E-state index in [1.54, 1.807) is 0 Å². The number of aromatic nitrogens is 1. The summed E-state index contributed by atoms with van der Waals surface area (Å²) >= 11 is 2.87. The Hall–Kier alpha value is -0.800.